The van der Waals surface area contributed by atoms with Gasteiger partial charge in [-0.2, -0.15) is 0 Å². The lowest BCUT2D eigenvalue weighted by Gasteiger charge is -2.28. The number of methoxy groups -OCH3 is 1. The van der Waals surface area contributed by atoms with Crippen LogP contribution in [-0.2, 0) is 17.7 Å². The van der Waals surface area contributed by atoms with Crippen molar-refractivity contribution in [3.63, 3.8) is 0 Å². The number of carbonyl (C=O) groups is 1. The third-order valence-corrected chi connectivity index (χ3v) is 5.14. The van der Waals surface area contributed by atoms with Gasteiger partial charge in [-0.3, -0.25) is 9.88 Å². The summed E-state index contributed by atoms with van der Waals surface area (Å²) in [6, 6.07) is 18.3. The highest BCUT2D eigenvalue weighted by atomic mass is 16.6. The molecule has 168 valence electrons. The Bertz CT molecular complexity index is 1070. The number of pyridine rings is 1. The first-order chi connectivity index (χ1) is 15.2. The zero-order chi connectivity index (χ0) is 23.3. The van der Waals surface area contributed by atoms with Crippen molar-refractivity contribution < 1.29 is 14.3 Å². The molecular formula is C27H32N2O3. The first-order valence-corrected chi connectivity index (χ1v) is 10.8. The molecule has 0 aliphatic heterocycles. The highest BCUT2D eigenvalue weighted by Gasteiger charge is 2.25. The van der Waals surface area contributed by atoms with Gasteiger partial charge in [-0.15, -0.1) is 0 Å². The second-order valence-corrected chi connectivity index (χ2v) is 8.94. The number of benzene rings is 2. The van der Waals surface area contributed by atoms with Crippen LogP contribution in [0.3, 0.4) is 0 Å². The Labute approximate surface area is 191 Å². The van der Waals surface area contributed by atoms with Gasteiger partial charge in [-0.05, 0) is 64.3 Å². The van der Waals surface area contributed by atoms with Gasteiger partial charge >= 0.3 is 6.09 Å². The second-order valence-electron chi connectivity index (χ2n) is 8.94. The van der Waals surface area contributed by atoms with Crippen LogP contribution in [0.1, 0.15) is 48.7 Å². The van der Waals surface area contributed by atoms with Crippen LogP contribution in [0.15, 0.2) is 60.8 Å². The number of nitrogens with zero attached hydrogens (tertiary/aromatic N) is 2. The number of hydrogen-bond donors (Lipinski definition) is 0. The summed E-state index contributed by atoms with van der Waals surface area (Å²) < 4.78 is 11.3. The molecule has 1 amide bonds. The van der Waals surface area contributed by atoms with Crippen LogP contribution in [0.2, 0.25) is 0 Å². The van der Waals surface area contributed by atoms with E-state index < -0.39 is 11.7 Å². The number of rotatable bonds is 6. The van der Waals surface area contributed by atoms with Gasteiger partial charge in [-0.1, -0.05) is 42.5 Å². The lowest BCUT2D eigenvalue weighted by atomic mass is 10.0. The number of hydrogen-bond acceptors (Lipinski definition) is 4. The van der Waals surface area contributed by atoms with E-state index in [4.69, 9.17) is 9.47 Å². The van der Waals surface area contributed by atoms with E-state index in [1.54, 1.807) is 18.2 Å². The van der Waals surface area contributed by atoms with Crippen molar-refractivity contribution in [2.45, 2.75) is 53.2 Å². The fourth-order valence-corrected chi connectivity index (χ4v) is 3.62. The largest absolute Gasteiger partial charge is 0.496 e. The molecule has 0 saturated carbocycles. The zero-order valence-corrected chi connectivity index (χ0v) is 19.8. The van der Waals surface area contributed by atoms with Gasteiger partial charge < -0.3 is 9.47 Å². The maximum atomic E-state index is 13.2. The molecule has 2 aromatic carbocycles. The Balaban J connectivity index is 1.97. The molecule has 0 atom stereocenters. The van der Waals surface area contributed by atoms with E-state index in [9.17, 15) is 4.79 Å². The van der Waals surface area contributed by atoms with Gasteiger partial charge in [0.25, 0.3) is 0 Å². The van der Waals surface area contributed by atoms with Crippen LogP contribution in [0.4, 0.5) is 10.5 Å². The van der Waals surface area contributed by atoms with Crippen LogP contribution in [-0.4, -0.2) is 23.8 Å². The minimum absolute atomic E-state index is 0.284. The number of aromatic nitrogens is 1. The van der Waals surface area contributed by atoms with Crippen molar-refractivity contribution in [2.75, 3.05) is 12.0 Å². The summed E-state index contributed by atoms with van der Waals surface area (Å²) in [5.74, 6) is 0.789. The van der Waals surface area contributed by atoms with E-state index in [0.29, 0.717) is 0 Å². The third kappa shape index (κ3) is 5.88. The second kappa shape index (κ2) is 9.86. The molecule has 0 fully saturated rings. The van der Waals surface area contributed by atoms with Gasteiger partial charge in [0.05, 0.1) is 19.3 Å². The summed E-state index contributed by atoms with van der Waals surface area (Å²) in [6.45, 7) is 9.81. The first-order valence-electron chi connectivity index (χ1n) is 10.8. The summed E-state index contributed by atoms with van der Waals surface area (Å²) in [6.07, 6.45) is 2.15. The fourth-order valence-electron chi connectivity index (χ4n) is 3.62. The maximum absolute atomic E-state index is 13.2. The predicted octanol–water partition coefficient (Wildman–Crippen LogP) is 6.24. The van der Waals surface area contributed by atoms with E-state index in [0.717, 1.165) is 40.2 Å². The van der Waals surface area contributed by atoms with Crippen LogP contribution in [0.25, 0.3) is 0 Å². The first kappa shape index (κ1) is 23.3. The standard InChI is InChI=1S/C27H32N2O3/c1-19-17-28-24(20(2)25(19)31-6)18-29(26(30)32-27(3,4)5)23-14-10-13-22(16-23)15-21-11-8-7-9-12-21/h7-14,16-17H,15,18H2,1-6H3. The monoisotopic (exact) mass is 432 g/mol. The van der Waals surface area contributed by atoms with E-state index >= 15 is 0 Å². The van der Waals surface area contributed by atoms with Crippen LogP contribution in [0.5, 0.6) is 5.75 Å². The highest BCUT2D eigenvalue weighted by molar-refractivity contribution is 5.88. The van der Waals surface area contributed by atoms with E-state index in [2.05, 4.69) is 23.2 Å². The third-order valence-electron chi connectivity index (χ3n) is 5.14. The topological polar surface area (TPSA) is 51.7 Å². The quantitative estimate of drug-likeness (QED) is 0.463. The van der Waals surface area contributed by atoms with Gasteiger partial charge in [0, 0.05) is 23.0 Å². The maximum Gasteiger partial charge on any atom is 0.415 e. The normalized spacial score (nSPS) is 11.2. The van der Waals surface area contributed by atoms with E-state index in [1.807, 2.05) is 71.0 Å². The molecule has 0 spiro atoms. The van der Waals surface area contributed by atoms with Crippen molar-refractivity contribution >= 4 is 11.8 Å². The molecule has 0 N–H and O–H groups in total. The number of ether oxygens (including phenoxy) is 2. The van der Waals surface area contributed by atoms with E-state index in [1.165, 1.54) is 5.56 Å². The molecule has 0 aliphatic carbocycles. The van der Waals surface area contributed by atoms with Crippen LogP contribution < -0.4 is 9.64 Å². The fraction of sp³-hybridized carbons (Fsp3) is 0.333. The molecule has 0 saturated heterocycles. The molecular weight excluding hydrogens is 400 g/mol. The molecule has 0 aliphatic rings. The lowest BCUT2D eigenvalue weighted by molar-refractivity contribution is 0.0577. The number of carbonyl (C=O) groups excluding carboxylic acids is 1. The number of aryl methyl sites for hydroxylation is 1. The number of amides is 1. The van der Waals surface area contributed by atoms with Crippen LogP contribution in [0, 0.1) is 13.8 Å². The zero-order valence-electron chi connectivity index (χ0n) is 19.8. The van der Waals surface area contributed by atoms with Gasteiger partial charge in [-0.25, -0.2) is 4.79 Å². The summed E-state index contributed by atoms with van der Waals surface area (Å²) >= 11 is 0. The van der Waals surface area contributed by atoms with Crippen molar-refractivity contribution in [3.05, 3.63) is 88.7 Å². The molecule has 5 nitrogen and oxygen atoms in total. The minimum atomic E-state index is -0.607. The Morgan fingerprint density at radius 3 is 2.34 bits per heavy atom. The highest BCUT2D eigenvalue weighted by Crippen LogP contribution is 2.28. The van der Waals surface area contributed by atoms with Crippen LogP contribution >= 0.6 is 0 Å². The summed E-state index contributed by atoms with van der Waals surface area (Å²) in [5, 5.41) is 0. The molecule has 0 radical (unpaired) electrons. The molecule has 3 rings (SSSR count). The predicted molar refractivity (Wildman–Crippen MR) is 128 cm³/mol. The van der Waals surface area contributed by atoms with Crippen molar-refractivity contribution in [3.8, 4) is 5.75 Å². The van der Waals surface area contributed by atoms with Crippen molar-refractivity contribution in [1.82, 2.24) is 4.98 Å². The summed E-state index contributed by atoms with van der Waals surface area (Å²) in [7, 11) is 1.65. The van der Waals surface area contributed by atoms with E-state index in [-0.39, 0.29) is 6.54 Å². The average Bonchev–Trinajstić information content (AvgIpc) is 2.73. The molecule has 1 heterocycles. The summed E-state index contributed by atoms with van der Waals surface area (Å²) in [5.41, 5.74) is 5.15. The molecule has 0 bridgehead atoms. The summed E-state index contributed by atoms with van der Waals surface area (Å²) in [4.78, 5) is 19.4. The van der Waals surface area contributed by atoms with Gasteiger partial charge in [0.1, 0.15) is 11.4 Å². The lowest BCUT2D eigenvalue weighted by Crippen LogP contribution is -2.37. The molecule has 32 heavy (non-hydrogen) atoms. The Hall–Kier alpha value is -3.34. The molecule has 3 aromatic rings. The smallest absolute Gasteiger partial charge is 0.415 e. The Morgan fingerprint density at radius 1 is 1.00 bits per heavy atom. The molecule has 5 heteroatoms. The minimum Gasteiger partial charge on any atom is -0.496 e. The molecule has 1 aromatic heterocycles. The Kier molecular flexibility index (Phi) is 7.18. The van der Waals surface area contributed by atoms with Crippen molar-refractivity contribution in [1.29, 1.82) is 0 Å². The molecule has 0 unspecified atom stereocenters. The Morgan fingerprint density at radius 2 is 1.69 bits per heavy atom. The van der Waals surface area contributed by atoms with Crippen molar-refractivity contribution in [2.24, 2.45) is 0 Å². The van der Waals surface area contributed by atoms with Gasteiger partial charge in [0.15, 0.2) is 0 Å². The van der Waals surface area contributed by atoms with Gasteiger partial charge in [0.2, 0.25) is 0 Å². The number of anilines is 1. The SMILES string of the molecule is COc1c(C)cnc(CN(C(=O)OC(C)(C)C)c2cccc(Cc3ccccc3)c2)c1C. The average molecular weight is 433 g/mol.